The van der Waals surface area contributed by atoms with Crippen LogP contribution in [0.1, 0.15) is 26.3 Å². The average molecular weight is 373 g/mol. The summed E-state index contributed by atoms with van der Waals surface area (Å²) < 4.78 is 10.8. The lowest BCUT2D eigenvalue weighted by Crippen LogP contribution is -2.42. The molecule has 0 bridgehead atoms. The molecule has 1 unspecified atom stereocenters. The van der Waals surface area contributed by atoms with Crippen LogP contribution in [0, 0.1) is 0 Å². The highest BCUT2D eigenvalue weighted by molar-refractivity contribution is 6.32. The number of hydrogen-bond donors (Lipinski definition) is 2. The second-order valence-corrected chi connectivity index (χ2v) is 5.92. The molecule has 8 heteroatoms. The van der Waals surface area contributed by atoms with E-state index in [2.05, 4.69) is 5.32 Å². The van der Waals surface area contributed by atoms with Crippen LogP contribution in [0.5, 0.6) is 11.5 Å². The van der Waals surface area contributed by atoms with E-state index in [9.17, 15) is 14.7 Å². The van der Waals surface area contributed by atoms with Crippen molar-refractivity contribution in [2.75, 3.05) is 26.8 Å². The fraction of sp³-hybridized carbons (Fsp3) is 0.529. The molecule has 140 valence electrons. The lowest BCUT2D eigenvalue weighted by molar-refractivity contribution is -0.142. The molecule has 1 atom stereocenters. The van der Waals surface area contributed by atoms with Gasteiger partial charge in [0.25, 0.3) is 0 Å². The maximum Gasteiger partial charge on any atom is 0.320 e. The number of halogens is 1. The van der Waals surface area contributed by atoms with Gasteiger partial charge in [-0.3, -0.25) is 14.5 Å². The second-order valence-electron chi connectivity index (χ2n) is 5.51. The molecule has 1 rings (SSSR count). The minimum absolute atomic E-state index is 0.159. The van der Waals surface area contributed by atoms with Gasteiger partial charge in [0.15, 0.2) is 11.5 Å². The molecule has 7 nitrogen and oxygen atoms in total. The van der Waals surface area contributed by atoms with Crippen LogP contribution < -0.4 is 14.8 Å². The maximum atomic E-state index is 11.4. The second kappa shape index (κ2) is 10.1. The highest BCUT2D eigenvalue weighted by Gasteiger charge is 2.22. The molecule has 0 fully saturated rings. The van der Waals surface area contributed by atoms with Gasteiger partial charge in [-0.05, 0) is 31.5 Å². The third-order valence-corrected chi connectivity index (χ3v) is 3.92. The minimum Gasteiger partial charge on any atom is -0.493 e. The first-order valence-corrected chi connectivity index (χ1v) is 8.38. The number of aliphatic carboxylic acids is 1. The van der Waals surface area contributed by atoms with E-state index >= 15 is 0 Å². The standard InChI is InChI=1S/C17H25ClN2O5/c1-5-25-16-14(18)8-13(9-15(16)24-4)10-20(11(2)17(22)23)7-6-19-12(3)21/h8-9,11H,5-7,10H2,1-4H3,(H,19,21)(H,22,23). The molecule has 25 heavy (non-hydrogen) atoms. The van der Waals surface area contributed by atoms with E-state index in [1.54, 1.807) is 24.0 Å². The Kier molecular flexibility index (Phi) is 8.51. The summed E-state index contributed by atoms with van der Waals surface area (Å²) in [6, 6.07) is 2.79. The van der Waals surface area contributed by atoms with Crippen molar-refractivity contribution < 1.29 is 24.2 Å². The molecular formula is C17H25ClN2O5. The zero-order chi connectivity index (χ0) is 19.0. The Morgan fingerprint density at radius 1 is 1.40 bits per heavy atom. The van der Waals surface area contributed by atoms with Crippen LogP contribution in [0.15, 0.2) is 12.1 Å². The van der Waals surface area contributed by atoms with E-state index in [4.69, 9.17) is 21.1 Å². The molecule has 2 N–H and O–H groups in total. The van der Waals surface area contributed by atoms with Crippen molar-refractivity contribution in [1.82, 2.24) is 10.2 Å². The number of carboxylic acids is 1. The summed E-state index contributed by atoms with van der Waals surface area (Å²) in [5, 5.41) is 12.4. The zero-order valence-corrected chi connectivity index (χ0v) is 15.7. The predicted octanol–water partition coefficient (Wildman–Crippen LogP) is 2.16. The molecule has 0 aliphatic carbocycles. The van der Waals surface area contributed by atoms with Gasteiger partial charge in [-0.25, -0.2) is 0 Å². The average Bonchev–Trinajstić information content (AvgIpc) is 2.55. The highest BCUT2D eigenvalue weighted by Crippen LogP contribution is 2.36. The van der Waals surface area contributed by atoms with Crippen LogP contribution in [-0.4, -0.2) is 54.7 Å². The smallest absolute Gasteiger partial charge is 0.320 e. The van der Waals surface area contributed by atoms with Crippen LogP contribution in [0.3, 0.4) is 0 Å². The zero-order valence-electron chi connectivity index (χ0n) is 15.0. The lowest BCUT2D eigenvalue weighted by atomic mass is 10.1. The number of benzene rings is 1. The van der Waals surface area contributed by atoms with Crippen molar-refractivity contribution in [3.8, 4) is 11.5 Å². The van der Waals surface area contributed by atoms with E-state index in [1.165, 1.54) is 14.0 Å². The number of ether oxygens (including phenoxy) is 2. The molecule has 0 heterocycles. The van der Waals surface area contributed by atoms with Crippen molar-refractivity contribution in [3.63, 3.8) is 0 Å². The monoisotopic (exact) mass is 372 g/mol. The highest BCUT2D eigenvalue weighted by atomic mass is 35.5. The molecular weight excluding hydrogens is 348 g/mol. The number of carboxylic acid groups (broad SMARTS) is 1. The van der Waals surface area contributed by atoms with Crippen LogP contribution in [0.2, 0.25) is 5.02 Å². The van der Waals surface area contributed by atoms with E-state index in [0.29, 0.717) is 42.8 Å². The Bertz CT molecular complexity index is 609. The largest absolute Gasteiger partial charge is 0.493 e. The molecule has 0 aliphatic heterocycles. The number of carbonyl (C=O) groups excluding carboxylic acids is 1. The molecule has 0 aliphatic rings. The fourth-order valence-corrected chi connectivity index (χ4v) is 2.61. The summed E-state index contributed by atoms with van der Waals surface area (Å²) in [6.07, 6.45) is 0. The Labute approximate surface area is 152 Å². The minimum atomic E-state index is -0.938. The summed E-state index contributed by atoms with van der Waals surface area (Å²) in [4.78, 5) is 24.1. The first-order chi connectivity index (χ1) is 11.8. The summed E-state index contributed by atoms with van der Waals surface area (Å²) in [5.41, 5.74) is 0.793. The van der Waals surface area contributed by atoms with Crippen LogP contribution in [-0.2, 0) is 16.1 Å². The van der Waals surface area contributed by atoms with Gasteiger partial charge < -0.3 is 19.9 Å². The van der Waals surface area contributed by atoms with E-state index in [-0.39, 0.29) is 5.91 Å². The topological polar surface area (TPSA) is 88.1 Å². The first-order valence-electron chi connectivity index (χ1n) is 8.00. The molecule has 0 spiro atoms. The van der Waals surface area contributed by atoms with Gasteiger partial charge in [-0.1, -0.05) is 11.6 Å². The first kappa shape index (κ1) is 21.1. The van der Waals surface area contributed by atoms with Gasteiger partial charge >= 0.3 is 5.97 Å². The van der Waals surface area contributed by atoms with Crippen molar-refractivity contribution in [3.05, 3.63) is 22.7 Å². The summed E-state index contributed by atoms with van der Waals surface area (Å²) in [6.45, 7) is 6.41. The van der Waals surface area contributed by atoms with E-state index in [0.717, 1.165) is 5.56 Å². The number of methoxy groups -OCH3 is 1. The predicted molar refractivity (Wildman–Crippen MR) is 95.4 cm³/mol. The molecule has 0 saturated carbocycles. The quantitative estimate of drug-likeness (QED) is 0.654. The van der Waals surface area contributed by atoms with Gasteiger partial charge in [-0.2, -0.15) is 0 Å². The Hall–Kier alpha value is -1.99. The summed E-state index contributed by atoms with van der Waals surface area (Å²) >= 11 is 6.27. The lowest BCUT2D eigenvalue weighted by Gasteiger charge is -2.27. The molecule has 0 radical (unpaired) electrons. The molecule has 1 aromatic carbocycles. The van der Waals surface area contributed by atoms with E-state index < -0.39 is 12.0 Å². The SMILES string of the molecule is CCOc1c(Cl)cc(CN(CCNC(C)=O)C(C)C(=O)O)cc1OC. The van der Waals surface area contributed by atoms with Crippen molar-refractivity contribution in [2.24, 2.45) is 0 Å². The Morgan fingerprint density at radius 3 is 2.60 bits per heavy atom. The van der Waals surface area contributed by atoms with Gasteiger partial charge in [0, 0.05) is 26.6 Å². The van der Waals surface area contributed by atoms with Gasteiger partial charge in [0.05, 0.1) is 18.7 Å². The van der Waals surface area contributed by atoms with Gasteiger partial charge in [0.2, 0.25) is 5.91 Å². The fourth-order valence-electron chi connectivity index (χ4n) is 2.32. The number of carbonyl (C=O) groups is 2. The normalized spacial score (nSPS) is 11.9. The number of amides is 1. The summed E-state index contributed by atoms with van der Waals surface area (Å²) in [7, 11) is 1.52. The molecule has 1 aromatic rings. The molecule has 1 amide bonds. The Balaban J connectivity index is 3.00. The number of rotatable bonds is 10. The van der Waals surface area contributed by atoms with E-state index in [1.807, 2.05) is 6.92 Å². The maximum absolute atomic E-state index is 11.4. The number of nitrogens with zero attached hydrogens (tertiary/aromatic N) is 1. The number of nitrogens with one attached hydrogen (secondary N) is 1. The molecule has 0 saturated heterocycles. The Morgan fingerprint density at radius 2 is 2.08 bits per heavy atom. The van der Waals surface area contributed by atoms with Crippen LogP contribution in [0.4, 0.5) is 0 Å². The van der Waals surface area contributed by atoms with Crippen LogP contribution >= 0.6 is 11.6 Å². The number of hydrogen-bond acceptors (Lipinski definition) is 5. The molecule has 0 aromatic heterocycles. The van der Waals surface area contributed by atoms with Crippen molar-refractivity contribution in [2.45, 2.75) is 33.4 Å². The van der Waals surface area contributed by atoms with Crippen molar-refractivity contribution >= 4 is 23.5 Å². The summed E-state index contributed by atoms with van der Waals surface area (Å²) in [5.74, 6) is -0.138. The van der Waals surface area contributed by atoms with Crippen molar-refractivity contribution in [1.29, 1.82) is 0 Å². The van der Waals surface area contributed by atoms with Gasteiger partial charge in [-0.15, -0.1) is 0 Å². The third kappa shape index (κ3) is 6.43. The van der Waals surface area contributed by atoms with Gasteiger partial charge in [0.1, 0.15) is 6.04 Å². The third-order valence-electron chi connectivity index (χ3n) is 3.64. The van der Waals surface area contributed by atoms with Crippen LogP contribution in [0.25, 0.3) is 0 Å².